The third-order valence-corrected chi connectivity index (χ3v) is 2.73. The van der Waals surface area contributed by atoms with Crippen LogP contribution in [0.3, 0.4) is 0 Å². The Kier molecular flexibility index (Phi) is 3.26. The minimum Gasteiger partial charge on any atom is -0.452 e. The van der Waals surface area contributed by atoms with Crippen molar-refractivity contribution in [3.8, 4) is 0 Å². The smallest absolute Gasteiger partial charge is 0.194 e. The highest BCUT2D eigenvalue weighted by atomic mass is 79.9. The van der Waals surface area contributed by atoms with Crippen molar-refractivity contribution in [1.82, 2.24) is 0 Å². The first-order chi connectivity index (χ1) is 8.00. The lowest BCUT2D eigenvalue weighted by atomic mass is 10.0. The fraction of sp³-hybridized carbons (Fsp3) is 0.0909. The highest BCUT2D eigenvalue weighted by molar-refractivity contribution is 9.10. The van der Waals surface area contributed by atoms with Gasteiger partial charge in [-0.3, -0.25) is 0 Å². The summed E-state index contributed by atoms with van der Waals surface area (Å²) in [6, 6.07) is 4.03. The van der Waals surface area contributed by atoms with E-state index in [-0.39, 0.29) is 11.3 Å². The van der Waals surface area contributed by atoms with Crippen LogP contribution in [0.1, 0.15) is 17.4 Å². The van der Waals surface area contributed by atoms with Crippen LogP contribution in [-0.2, 0) is 0 Å². The number of halogens is 4. The van der Waals surface area contributed by atoms with Crippen molar-refractivity contribution in [2.75, 3.05) is 0 Å². The van der Waals surface area contributed by atoms with Crippen LogP contribution in [0.4, 0.5) is 13.2 Å². The van der Waals surface area contributed by atoms with Gasteiger partial charge in [0, 0.05) is 5.56 Å². The normalized spacial score (nSPS) is 12.8. The Bertz CT molecular complexity index is 556. The first-order valence-electron chi connectivity index (χ1n) is 4.65. The van der Waals surface area contributed by atoms with Crippen LogP contribution in [0.15, 0.2) is 33.4 Å². The molecule has 1 heterocycles. The first-order valence-corrected chi connectivity index (χ1v) is 5.44. The molecule has 0 amide bonds. The van der Waals surface area contributed by atoms with Gasteiger partial charge in [0.2, 0.25) is 0 Å². The summed E-state index contributed by atoms with van der Waals surface area (Å²) >= 11 is 3.07. The van der Waals surface area contributed by atoms with Gasteiger partial charge in [-0.15, -0.1) is 0 Å². The highest BCUT2D eigenvalue weighted by Gasteiger charge is 2.21. The maximum Gasteiger partial charge on any atom is 0.194 e. The summed E-state index contributed by atoms with van der Waals surface area (Å²) < 4.78 is 44.8. The molecule has 1 atom stereocenters. The molecule has 1 unspecified atom stereocenters. The van der Waals surface area contributed by atoms with Gasteiger partial charge in [-0.1, -0.05) is 6.07 Å². The molecule has 0 radical (unpaired) electrons. The lowest BCUT2D eigenvalue weighted by Gasteiger charge is -2.10. The molecule has 90 valence electrons. The number of nitrogens with two attached hydrogens (primary N) is 1. The van der Waals surface area contributed by atoms with Gasteiger partial charge in [0.15, 0.2) is 22.1 Å². The molecular weight excluding hydrogens is 299 g/mol. The van der Waals surface area contributed by atoms with E-state index < -0.39 is 23.5 Å². The molecule has 1 aromatic carbocycles. The summed E-state index contributed by atoms with van der Waals surface area (Å²) in [5.41, 5.74) is 5.54. The Morgan fingerprint density at radius 3 is 2.35 bits per heavy atom. The Balaban J connectivity index is 2.44. The molecule has 17 heavy (non-hydrogen) atoms. The van der Waals surface area contributed by atoms with E-state index in [1.54, 1.807) is 6.07 Å². The van der Waals surface area contributed by atoms with Crippen LogP contribution in [0.5, 0.6) is 0 Å². The summed E-state index contributed by atoms with van der Waals surface area (Å²) in [4.78, 5) is 0. The van der Waals surface area contributed by atoms with E-state index in [2.05, 4.69) is 15.9 Å². The molecule has 0 saturated carbocycles. The van der Waals surface area contributed by atoms with Crippen molar-refractivity contribution in [2.45, 2.75) is 6.04 Å². The second-order valence-corrected chi connectivity index (χ2v) is 4.17. The van der Waals surface area contributed by atoms with Gasteiger partial charge in [-0.05, 0) is 34.1 Å². The van der Waals surface area contributed by atoms with Gasteiger partial charge in [-0.2, -0.15) is 0 Å². The lowest BCUT2D eigenvalue weighted by molar-refractivity contribution is 0.426. The molecule has 2 aromatic rings. The van der Waals surface area contributed by atoms with Gasteiger partial charge < -0.3 is 10.2 Å². The lowest BCUT2D eigenvalue weighted by Crippen LogP contribution is -2.14. The highest BCUT2D eigenvalue weighted by Crippen LogP contribution is 2.27. The van der Waals surface area contributed by atoms with Gasteiger partial charge in [0.1, 0.15) is 5.76 Å². The van der Waals surface area contributed by atoms with Gasteiger partial charge in [-0.25, -0.2) is 13.2 Å². The quantitative estimate of drug-likeness (QED) is 0.862. The van der Waals surface area contributed by atoms with E-state index in [1.165, 1.54) is 6.07 Å². The molecule has 1 aromatic heterocycles. The molecule has 2 rings (SSSR count). The van der Waals surface area contributed by atoms with E-state index in [4.69, 9.17) is 10.2 Å². The Hall–Kier alpha value is -1.27. The van der Waals surface area contributed by atoms with Crippen LogP contribution < -0.4 is 5.73 Å². The van der Waals surface area contributed by atoms with E-state index in [0.29, 0.717) is 4.67 Å². The molecular formula is C11H7BrF3NO. The Labute approximate surface area is 103 Å². The van der Waals surface area contributed by atoms with Crippen molar-refractivity contribution in [3.63, 3.8) is 0 Å². The number of rotatable bonds is 2. The van der Waals surface area contributed by atoms with Gasteiger partial charge >= 0.3 is 0 Å². The first kappa shape index (κ1) is 12.2. The molecule has 0 aliphatic heterocycles. The van der Waals surface area contributed by atoms with Crippen molar-refractivity contribution in [3.05, 3.63) is 57.7 Å². The van der Waals surface area contributed by atoms with Crippen molar-refractivity contribution >= 4 is 15.9 Å². The average Bonchev–Trinajstić information content (AvgIpc) is 2.72. The largest absolute Gasteiger partial charge is 0.452 e. The summed E-state index contributed by atoms with van der Waals surface area (Å²) in [6.45, 7) is 0. The molecule has 0 fully saturated rings. The van der Waals surface area contributed by atoms with Crippen LogP contribution in [0.2, 0.25) is 0 Å². The van der Waals surface area contributed by atoms with Crippen LogP contribution >= 0.6 is 15.9 Å². The number of hydrogen-bond donors (Lipinski definition) is 1. The number of benzene rings is 1. The minimum absolute atomic E-state index is 0.161. The van der Waals surface area contributed by atoms with Crippen LogP contribution in [-0.4, -0.2) is 0 Å². The van der Waals surface area contributed by atoms with E-state index in [9.17, 15) is 13.2 Å². The molecule has 0 spiro atoms. The zero-order valence-electron chi connectivity index (χ0n) is 8.38. The molecule has 0 aliphatic carbocycles. The van der Waals surface area contributed by atoms with Crippen LogP contribution in [0, 0.1) is 17.5 Å². The van der Waals surface area contributed by atoms with Gasteiger partial charge in [0.05, 0.1) is 6.04 Å². The summed E-state index contributed by atoms with van der Waals surface area (Å²) in [5, 5.41) is 0. The molecule has 0 saturated heterocycles. The fourth-order valence-corrected chi connectivity index (χ4v) is 1.75. The predicted molar refractivity (Wildman–Crippen MR) is 58.8 cm³/mol. The maximum atomic E-state index is 13.5. The Morgan fingerprint density at radius 1 is 1.06 bits per heavy atom. The second-order valence-electron chi connectivity index (χ2n) is 3.38. The Morgan fingerprint density at radius 2 is 1.76 bits per heavy atom. The third kappa shape index (κ3) is 2.23. The monoisotopic (exact) mass is 305 g/mol. The maximum absolute atomic E-state index is 13.5. The molecule has 0 bridgehead atoms. The van der Waals surface area contributed by atoms with Crippen molar-refractivity contribution < 1.29 is 17.6 Å². The molecule has 6 heteroatoms. The van der Waals surface area contributed by atoms with Crippen molar-refractivity contribution in [1.29, 1.82) is 0 Å². The number of furan rings is 1. The fourth-order valence-electron chi connectivity index (χ4n) is 1.43. The summed E-state index contributed by atoms with van der Waals surface area (Å²) in [5.74, 6) is -3.84. The number of hydrogen-bond acceptors (Lipinski definition) is 2. The topological polar surface area (TPSA) is 39.2 Å². The van der Waals surface area contributed by atoms with E-state index >= 15 is 0 Å². The molecule has 2 nitrogen and oxygen atoms in total. The average molecular weight is 306 g/mol. The second kappa shape index (κ2) is 4.54. The van der Waals surface area contributed by atoms with Gasteiger partial charge in [0.25, 0.3) is 0 Å². The summed E-state index contributed by atoms with van der Waals surface area (Å²) in [7, 11) is 0. The SMILES string of the molecule is NC(c1ccc(Br)o1)c1ccc(F)c(F)c1F. The predicted octanol–water partition coefficient (Wildman–Crippen LogP) is 3.51. The van der Waals surface area contributed by atoms with Crippen LogP contribution in [0.25, 0.3) is 0 Å². The standard InChI is InChI=1S/C11H7BrF3NO/c12-8-4-3-7(17-8)11(16)5-1-2-6(13)10(15)9(5)14/h1-4,11H,16H2. The van der Waals surface area contributed by atoms with E-state index in [0.717, 1.165) is 12.1 Å². The third-order valence-electron chi connectivity index (χ3n) is 2.30. The summed E-state index contributed by atoms with van der Waals surface area (Å²) in [6.07, 6.45) is 0. The molecule has 0 aliphatic rings. The minimum atomic E-state index is -1.54. The van der Waals surface area contributed by atoms with E-state index in [1.807, 2.05) is 0 Å². The zero-order chi connectivity index (χ0) is 12.6. The van der Waals surface area contributed by atoms with Crippen molar-refractivity contribution in [2.24, 2.45) is 5.73 Å². The molecule has 2 N–H and O–H groups in total. The zero-order valence-corrected chi connectivity index (χ0v) is 9.97.